The molecule has 0 aliphatic carbocycles. The van der Waals surface area contributed by atoms with Gasteiger partial charge in [0.15, 0.2) is 11.9 Å². The van der Waals surface area contributed by atoms with E-state index in [2.05, 4.69) is 5.10 Å². The number of aromatic nitrogens is 2. The molecule has 1 aliphatic heterocycles. The normalized spacial score (nSPS) is 20.8. The Labute approximate surface area is 149 Å². The van der Waals surface area contributed by atoms with E-state index in [1.54, 1.807) is 16.4 Å². The highest BCUT2D eigenvalue weighted by Crippen LogP contribution is 2.18. The molecule has 1 aromatic heterocycles. The molecule has 0 spiro atoms. The first-order chi connectivity index (χ1) is 11.6. The zero-order valence-electron chi connectivity index (χ0n) is 13.7. The second-order valence-corrected chi connectivity index (χ2v) is 7.44. The summed E-state index contributed by atoms with van der Waals surface area (Å²) < 4.78 is 12.2. The number of quaternary nitrogens is 1. The van der Waals surface area contributed by atoms with Crippen LogP contribution in [0.5, 0.6) is 0 Å². The van der Waals surface area contributed by atoms with Gasteiger partial charge in [-0.05, 0) is 31.3 Å². The Morgan fingerprint density at radius 2 is 2.25 bits per heavy atom. The molecule has 2 aromatic rings. The summed E-state index contributed by atoms with van der Waals surface area (Å²) in [5, 5.41) is 4.37. The summed E-state index contributed by atoms with van der Waals surface area (Å²) >= 11 is 6.94. The Morgan fingerprint density at radius 1 is 1.50 bits per heavy atom. The van der Waals surface area contributed by atoms with Crippen LogP contribution >= 0.6 is 24.0 Å². The van der Waals surface area contributed by atoms with E-state index in [4.69, 9.17) is 21.4 Å². The number of nitrogens with one attached hydrogen (secondary N) is 1. The maximum atomic E-state index is 11.7. The summed E-state index contributed by atoms with van der Waals surface area (Å²) in [6, 6.07) is 7.97. The van der Waals surface area contributed by atoms with E-state index >= 15 is 0 Å². The Balaban J connectivity index is 1.73. The molecule has 0 bridgehead atoms. The zero-order chi connectivity index (χ0) is 17.1. The van der Waals surface area contributed by atoms with Crippen molar-refractivity contribution in [2.75, 3.05) is 26.0 Å². The molecule has 128 valence electrons. The van der Waals surface area contributed by atoms with Gasteiger partial charge >= 0.3 is 5.97 Å². The number of carbonyl (C=O) groups excluding carboxylic acids is 1. The fraction of sp³-hybridized carbons (Fsp3) is 0.438. The van der Waals surface area contributed by atoms with Gasteiger partial charge in [-0.2, -0.15) is 4.68 Å². The van der Waals surface area contributed by atoms with Gasteiger partial charge in [-0.1, -0.05) is 17.7 Å². The van der Waals surface area contributed by atoms with Crippen LogP contribution in [-0.2, 0) is 16.2 Å². The summed E-state index contributed by atoms with van der Waals surface area (Å²) in [6.07, 6.45) is 0. The Morgan fingerprint density at radius 3 is 2.96 bits per heavy atom. The van der Waals surface area contributed by atoms with Crippen molar-refractivity contribution in [2.24, 2.45) is 0 Å². The molecule has 1 N–H and O–H groups in total. The van der Waals surface area contributed by atoms with Crippen LogP contribution in [0.1, 0.15) is 5.56 Å². The van der Waals surface area contributed by atoms with Gasteiger partial charge in [0.2, 0.25) is 5.89 Å². The number of hydrogen-bond acceptors (Lipinski definition) is 6. The van der Waals surface area contributed by atoms with Crippen molar-refractivity contribution >= 4 is 29.9 Å². The third-order valence-electron chi connectivity index (χ3n) is 3.99. The predicted octanol–water partition coefficient (Wildman–Crippen LogP) is 1.31. The molecule has 1 aliphatic rings. The van der Waals surface area contributed by atoms with Crippen LogP contribution in [0.4, 0.5) is 0 Å². The summed E-state index contributed by atoms with van der Waals surface area (Å²) in [5.74, 6) is 1.27. The number of esters is 1. The summed E-state index contributed by atoms with van der Waals surface area (Å²) in [5.41, 5.74) is 2.09. The molecule has 8 heteroatoms. The summed E-state index contributed by atoms with van der Waals surface area (Å²) in [4.78, 5) is 13.3. The minimum Gasteiger partial charge on any atom is -0.468 e. The van der Waals surface area contributed by atoms with Crippen LogP contribution in [0.3, 0.4) is 0 Å². The lowest BCUT2D eigenvalue weighted by atomic mass is 10.1. The molecular formula is C16H20N3O3S2+. The number of benzene rings is 1. The maximum Gasteiger partial charge on any atom is 0.324 e. The smallest absolute Gasteiger partial charge is 0.324 e. The molecule has 1 unspecified atom stereocenters. The topological polar surface area (TPSA) is 61.7 Å². The van der Waals surface area contributed by atoms with Crippen LogP contribution in [0.2, 0.25) is 0 Å². The van der Waals surface area contributed by atoms with Gasteiger partial charge < -0.3 is 14.1 Å². The van der Waals surface area contributed by atoms with Crippen molar-refractivity contribution in [2.45, 2.75) is 18.8 Å². The van der Waals surface area contributed by atoms with Gasteiger partial charge in [0.25, 0.3) is 4.84 Å². The minimum atomic E-state index is -0.165. The van der Waals surface area contributed by atoms with E-state index in [-0.39, 0.29) is 11.2 Å². The highest BCUT2D eigenvalue weighted by Gasteiger charge is 2.30. The van der Waals surface area contributed by atoms with Crippen LogP contribution < -0.4 is 4.90 Å². The van der Waals surface area contributed by atoms with Gasteiger partial charge in [0.1, 0.15) is 6.54 Å². The van der Waals surface area contributed by atoms with Crippen LogP contribution in [-0.4, -0.2) is 47.0 Å². The average Bonchev–Trinajstić information content (AvgIpc) is 2.95. The Bertz CT molecular complexity index is 770. The predicted molar refractivity (Wildman–Crippen MR) is 94.5 cm³/mol. The molecule has 2 heterocycles. The van der Waals surface area contributed by atoms with Crippen molar-refractivity contribution < 1.29 is 18.8 Å². The van der Waals surface area contributed by atoms with E-state index in [0.717, 1.165) is 17.9 Å². The lowest BCUT2D eigenvalue weighted by Crippen LogP contribution is -3.14. The number of ether oxygens (including phenoxy) is 1. The third-order valence-corrected chi connectivity index (χ3v) is 5.49. The van der Waals surface area contributed by atoms with Gasteiger partial charge in [-0.3, -0.25) is 4.79 Å². The van der Waals surface area contributed by atoms with Crippen molar-refractivity contribution in [3.8, 4) is 11.5 Å². The largest absolute Gasteiger partial charge is 0.468 e. The van der Waals surface area contributed by atoms with Crippen LogP contribution in [0.15, 0.2) is 28.7 Å². The fourth-order valence-corrected chi connectivity index (χ4v) is 4.09. The number of rotatable bonds is 4. The molecule has 1 saturated heterocycles. The Kier molecular flexibility index (Phi) is 5.37. The maximum absolute atomic E-state index is 11.7. The third kappa shape index (κ3) is 3.88. The monoisotopic (exact) mass is 366 g/mol. The van der Waals surface area contributed by atoms with Crippen LogP contribution in [0.25, 0.3) is 11.5 Å². The zero-order valence-corrected chi connectivity index (χ0v) is 15.3. The average molecular weight is 366 g/mol. The minimum absolute atomic E-state index is 0.128. The van der Waals surface area contributed by atoms with E-state index in [0.29, 0.717) is 23.9 Å². The second kappa shape index (κ2) is 7.50. The van der Waals surface area contributed by atoms with Gasteiger partial charge in [0, 0.05) is 11.3 Å². The first kappa shape index (κ1) is 17.2. The van der Waals surface area contributed by atoms with E-state index in [1.807, 2.05) is 31.2 Å². The van der Waals surface area contributed by atoms with E-state index in [1.165, 1.54) is 17.6 Å². The van der Waals surface area contributed by atoms with Crippen molar-refractivity contribution in [1.29, 1.82) is 0 Å². The molecule has 6 nitrogen and oxygen atoms in total. The fourth-order valence-electron chi connectivity index (χ4n) is 2.63. The number of nitrogens with zero attached hydrogens (tertiary/aromatic N) is 2. The summed E-state index contributed by atoms with van der Waals surface area (Å²) in [6.45, 7) is 4.27. The molecular weight excluding hydrogens is 346 g/mol. The molecule has 2 atom stereocenters. The molecule has 3 rings (SSSR count). The van der Waals surface area contributed by atoms with Crippen molar-refractivity contribution in [3.63, 3.8) is 0 Å². The molecule has 0 radical (unpaired) electrons. The number of hydrogen-bond donors (Lipinski definition) is 1. The van der Waals surface area contributed by atoms with Crippen molar-refractivity contribution in [1.82, 2.24) is 9.78 Å². The Hall–Kier alpha value is -1.64. The molecule has 1 fully saturated rings. The number of thioether (sulfide) groups is 1. The molecule has 1 aromatic carbocycles. The molecule has 0 amide bonds. The second-order valence-electron chi connectivity index (χ2n) is 5.78. The molecule has 0 saturated carbocycles. The van der Waals surface area contributed by atoms with E-state index < -0.39 is 0 Å². The lowest BCUT2D eigenvalue weighted by Gasteiger charge is -2.27. The van der Waals surface area contributed by atoms with Gasteiger partial charge in [-0.25, -0.2) is 0 Å². The van der Waals surface area contributed by atoms with Crippen molar-refractivity contribution in [3.05, 3.63) is 34.7 Å². The highest BCUT2D eigenvalue weighted by atomic mass is 32.2. The lowest BCUT2D eigenvalue weighted by molar-refractivity contribution is -0.921. The SMILES string of the molecule is COC(=O)[C@@H]1C[NH+](Cn2nc(-c3ccc(C)cc3)oc2=S)CCS1. The standard InChI is InChI=1S/C16H19N3O3S2/c1-11-3-5-12(6-4-11)14-17-19(16(23)22-14)10-18-7-8-24-13(9-18)15(20)21-2/h3-6,13H,7-10H2,1-2H3/p+1/t13-/m0/s1. The van der Waals surface area contributed by atoms with Gasteiger partial charge in [0.05, 0.1) is 13.7 Å². The quantitative estimate of drug-likeness (QED) is 0.650. The first-order valence-electron chi connectivity index (χ1n) is 7.75. The number of methoxy groups -OCH3 is 1. The van der Waals surface area contributed by atoms with E-state index in [9.17, 15) is 4.79 Å². The van der Waals surface area contributed by atoms with Gasteiger partial charge in [-0.15, -0.1) is 16.9 Å². The first-order valence-corrected chi connectivity index (χ1v) is 9.20. The highest BCUT2D eigenvalue weighted by molar-refractivity contribution is 8.00. The summed E-state index contributed by atoms with van der Waals surface area (Å²) in [7, 11) is 1.43. The number of carbonyl (C=O) groups is 1. The molecule has 24 heavy (non-hydrogen) atoms. The van der Waals surface area contributed by atoms with Crippen LogP contribution in [0, 0.1) is 11.8 Å². The number of aryl methyl sites for hydroxylation is 1.